The number of nitrogens with zero attached hydrogens (tertiary/aromatic N) is 6. The predicted molar refractivity (Wildman–Crippen MR) is 76.0 cm³/mol. The number of hydrogen-bond acceptors (Lipinski definition) is 9. The number of nitriles is 1. The summed E-state index contributed by atoms with van der Waals surface area (Å²) in [6, 6.07) is 1.91. The molecule has 2 aromatic rings. The summed E-state index contributed by atoms with van der Waals surface area (Å²) in [6.07, 6.45) is 0. The first-order valence-electron chi connectivity index (χ1n) is 6.37. The number of nitrogens with one attached hydrogen (secondary N) is 3. The van der Waals surface area contributed by atoms with Gasteiger partial charge in [-0.05, 0) is 5.92 Å². The molecule has 0 spiro atoms. The van der Waals surface area contributed by atoms with Crippen LogP contribution in [0.4, 0.5) is 17.3 Å². The lowest BCUT2D eigenvalue weighted by Gasteiger charge is -2.13. The largest absolute Gasteiger partial charge is 0.393 e. The molecule has 2 aromatic heterocycles. The molecule has 21 heavy (non-hydrogen) atoms. The van der Waals surface area contributed by atoms with E-state index in [-0.39, 0.29) is 12.4 Å². The molecule has 0 radical (unpaired) electrons. The van der Waals surface area contributed by atoms with E-state index >= 15 is 0 Å². The molecule has 2 heterocycles. The van der Waals surface area contributed by atoms with Crippen molar-refractivity contribution in [2.45, 2.75) is 20.4 Å². The first-order chi connectivity index (χ1) is 10.1. The van der Waals surface area contributed by atoms with E-state index in [9.17, 15) is 0 Å². The van der Waals surface area contributed by atoms with Gasteiger partial charge in [0, 0.05) is 6.54 Å². The van der Waals surface area contributed by atoms with Crippen molar-refractivity contribution in [1.82, 2.24) is 30.6 Å². The molecule has 0 saturated heterocycles. The highest BCUT2D eigenvalue weighted by molar-refractivity contribution is 5.74. The lowest BCUT2D eigenvalue weighted by molar-refractivity contribution is 0.687. The summed E-state index contributed by atoms with van der Waals surface area (Å²) < 4.78 is 0. The van der Waals surface area contributed by atoms with Crippen LogP contribution < -0.4 is 16.4 Å². The molecule has 0 atom stereocenters. The van der Waals surface area contributed by atoms with Crippen LogP contribution in [0.1, 0.15) is 25.5 Å². The van der Waals surface area contributed by atoms with Crippen LogP contribution in [0.3, 0.4) is 0 Å². The van der Waals surface area contributed by atoms with Crippen LogP contribution in [0.5, 0.6) is 0 Å². The van der Waals surface area contributed by atoms with Crippen molar-refractivity contribution in [1.29, 1.82) is 5.26 Å². The van der Waals surface area contributed by atoms with Gasteiger partial charge in [-0.1, -0.05) is 19.1 Å². The van der Waals surface area contributed by atoms with Crippen LogP contribution in [0.15, 0.2) is 0 Å². The van der Waals surface area contributed by atoms with Crippen molar-refractivity contribution in [3.63, 3.8) is 0 Å². The third-order valence-corrected chi connectivity index (χ3v) is 2.53. The number of rotatable bonds is 6. The molecule has 0 amide bonds. The monoisotopic (exact) mass is 288 g/mol. The van der Waals surface area contributed by atoms with Crippen LogP contribution in [0.2, 0.25) is 0 Å². The fourth-order valence-corrected chi connectivity index (χ4v) is 1.51. The van der Waals surface area contributed by atoms with E-state index < -0.39 is 0 Å². The molecule has 5 N–H and O–H groups in total. The van der Waals surface area contributed by atoms with Gasteiger partial charge in [-0.3, -0.25) is 0 Å². The summed E-state index contributed by atoms with van der Waals surface area (Å²) in [5.41, 5.74) is 6.35. The molecule has 2 rings (SSSR count). The van der Waals surface area contributed by atoms with Crippen LogP contribution in [0, 0.1) is 17.2 Å². The average molecular weight is 288 g/mol. The van der Waals surface area contributed by atoms with Gasteiger partial charge in [0.15, 0.2) is 17.5 Å². The second-order valence-electron chi connectivity index (χ2n) is 4.73. The van der Waals surface area contributed by atoms with Gasteiger partial charge in [-0.2, -0.15) is 20.4 Å². The second kappa shape index (κ2) is 6.47. The van der Waals surface area contributed by atoms with Gasteiger partial charge in [0.2, 0.25) is 5.82 Å². The van der Waals surface area contributed by atoms with Gasteiger partial charge in [0.05, 0.1) is 6.54 Å². The lowest BCUT2D eigenvalue weighted by atomic mass is 10.2. The number of aromatic nitrogens is 6. The quantitative estimate of drug-likeness (QED) is 0.580. The van der Waals surface area contributed by atoms with Crippen LogP contribution in [0.25, 0.3) is 0 Å². The summed E-state index contributed by atoms with van der Waals surface area (Å²) >= 11 is 0. The minimum Gasteiger partial charge on any atom is -0.393 e. The predicted octanol–water partition coefficient (Wildman–Crippen LogP) is 0.124. The SMILES string of the molecule is CC(C)CNc1nc(C#N)nc(NCc2nn[nH]n2)c1N. The normalized spacial score (nSPS) is 10.4. The Morgan fingerprint density at radius 2 is 2.00 bits per heavy atom. The van der Waals surface area contributed by atoms with Gasteiger partial charge in [0.25, 0.3) is 0 Å². The zero-order chi connectivity index (χ0) is 15.2. The summed E-state index contributed by atoms with van der Waals surface area (Å²) in [4.78, 5) is 8.11. The molecular formula is C11H16N10. The van der Waals surface area contributed by atoms with Crippen molar-refractivity contribution >= 4 is 17.3 Å². The Morgan fingerprint density at radius 3 is 2.57 bits per heavy atom. The van der Waals surface area contributed by atoms with Gasteiger partial charge in [-0.15, -0.1) is 10.2 Å². The van der Waals surface area contributed by atoms with E-state index in [4.69, 9.17) is 11.0 Å². The molecule has 110 valence electrons. The fraction of sp³-hybridized carbons (Fsp3) is 0.455. The maximum atomic E-state index is 9.00. The number of nitrogens with two attached hydrogens (primary N) is 1. The number of aromatic amines is 1. The van der Waals surface area contributed by atoms with Crippen molar-refractivity contribution in [3.8, 4) is 6.07 Å². The van der Waals surface area contributed by atoms with E-state index in [0.29, 0.717) is 35.6 Å². The Balaban J connectivity index is 2.19. The maximum Gasteiger partial charge on any atom is 0.236 e. The molecule has 0 fully saturated rings. The molecular weight excluding hydrogens is 272 g/mol. The minimum atomic E-state index is 0.0334. The molecule has 0 aliphatic heterocycles. The third-order valence-electron chi connectivity index (χ3n) is 2.53. The van der Waals surface area contributed by atoms with Gasteiger partial charge in [0.1, 0.15) is 11.8 Å². The van der Waals surface area contributed by atoms with E-state index in [1.165, 1.54) is 0 Å². The van der Waals surface area contributed by atoms with Crippen LogP contribution in [-0.4, -0.2) is 37.1 Å². The van der Waals surface area contributed by atoms with E-state index in [2.05, 4.69) is 55.1 Å². The zero-order valence-corrected chi connectivity index (χ0v) is 11.8. The molecule has 0 aromatic carbocycles. The Hall–Kier alpha value is -2.96. The van der Waals surface area contributed by atoms with Crippen LogP contribution >= 0.6 is 0 Å². The minimum absolute atomic E-state index is 0.0334. The number of hydrogen-bond donors (Lipinski definition) is 4. The summed E-state index contributed by atoms with van der Waals surface area (Å²) in [7, 11) is 0. The molecule has 0 unspecified atom stereocenters. The van der Waals surface area contributed by atoms with Gasteiger partial charge < -0.3 is 16.4 Å². The van der Waals surface area contributed by atoms with Gasteiger partial charge in [-0.25, -0.2) is 0 Å². The number of H-pyrrole nitrogens is 1. The Kier molecular flexibility index (Phi) is 4.45. The lowest BCUT2D eigenvalue weighted by Crippen LogP contribution is -2.15. The molecule has 10 heteroatoms. The van der Waals surface area contributed by atoms with Crippen LogP contribution in [-0.2, 0) is 6.54 Å². The Labute approximate surface area is 121 Å². The van der Waals surface area contributed by atoms with E-state index in [1.807, 2.05) is 6.07 Å². The summed E-state index contributed by atoms with van der Waals surface area (Å²) in [6.45, 7) is 5.10. The third kappa shape index (κ3) is 3.75. The van der Waals surface area contributed by atoms with Crippen molar-refractivity contribution in [2.24, 2.45) is 5.92 Å². The zero-order valence-electron chi connectivity index (χ0n) is 11.8. The molecule has 0 aliphatic rings. The molecule has 0 saturated carbocycles. The number of nitrogen functional groups attached to an aromatic ring is 1. The van der Waals surface area contributed by atoms with Crippen molar-refractivity contribution < 1.29 is 0 Å². The Bertz CT molecular complexity index is 627. The Morgan fingerprint density at radius 1 is 1.29 bits per heavy atom. The second-order valence-corrected chi connectivity index (χ2v) is 4.73. The number of tetrazole rings is 1. The average Bonchev–Trinajstić information content (AvgIpc) is 2.98. The fourth-order valence-electron chi connectivity index (χ4n) is 1.51. The molecule has 10 nitrogen and oxygen atoms in total. The first-order valence-corrected chi connectivity index (χ1v) is 6.37. The van der Waals surface area contributed by atoms with E-state index in [0.717, 1.165) is 0 Å². The maximum absolute atomic E-state index is 9.00. The van der Waals surface area contributed by atoms with Crippen molar-refractivity contribution in [2.75, 3.05) is 22.9 Å². The summed E-state index contributed by atoms with van der Waals surface area (Å²) in [5, 5.41) is 28.5. The molecule has 0 bridgehead atoms. The number of anilines is 3. The molecule has 0 aliphatic carbocycles. The van der Waals surface area contributed by atoms with Crippen molar-refractivity contribution in [3.05, 3.63) is 11.6 Å². The topological polar surface area (TPSA) is 154 Å². The summed E-state index contributed by atoms with van der Waals surface area (Å²) in [5.74, 6) is 1.71. The highest BCUT2D eigenvalue weighted by Crippen LogP contribution is 2.24. The standard InChI is InChI=1S/C11H16N10/c1-6(2)4-14-10-9(13)11(17-7(3-12)16-10)15-5-8-18-20-21-19-8/h6H,4-5,13H2,1-2H3,(H2,14,15,16,17)(H,18,19,20,21). The highest BCUT2D eigenvalue weighted by atomic mass is 15.5. The first kappa shape index (κ1) is 14.4. The van der Waals surface area contributed by atoms with Gasteiger partial charge >= 0.3 is 0 Å². The van der Waals surface area contributed by atoms with E-state index in [1.54, 1.807) is 0 Å². The highest BCUT2D eigenvalue weighted by Gasteiger charge is 2.12. The smallest absolute Gasteiger partial charge is 0.236 e.